The molecule has 4 nitrogen and oxygen atoms in total. The Labute approximate surface area is 91.9 Å². The van der Waals surface area contributed by atoms with Crippen LogP contribution in [0.4, 0.5) is 0 Å². The molecule has 2 unspecified atom stereocenters. The molecule has 0 saturated heterocycles. The van der Waals surface area contributed by atoms with Gasteiger partial charge in [-0.3, -0.25) is 4.79 Å². The lowest BCUT2D eigenvalue weighted by atomic mass is 10.3. The SMILES string of the molecule is CC(O)C(C)SCc1cc(=O)c(O)co1. The van der Waals surface area contributed by atoms with E-state index in [9.17, 15) is 9.90 Å². The van der Waals surface area contributed by atoms with Crippen LogP contribution >= 0.6 is 11.8 Å². The smallest absolute Gasteiger partial charge is 0.226 e. The van der Waals surface area contributed by atoms with Gasteiger partial charge in [-0.2, -0.15) is 0 Å². The van der Waals surface area contributed by atoms with Gasteiger partial charge in [-0.1, -0.05) is 6.92 Å². The second-order valence-corrected chi connectivity index (χ2v) is 4.72. The number of aliphatic hydroxyl groups excluding tert-OH is 1. The molecule has 84 valence electrons. The first-order valence-corrected chi connectivity index (χ1v) is 5.66. The van der Waals surface area contributed by atoms with Gasteiger partial charge in [0.15, 0.2) is 5.75 Å². The highest BCUT2D eigenvalue weighted by atomic mass is 32.2. The summed E-state index contributed by atoms with van der Waals surface area (Å²) in [6, 6.07) is 1.26. The maximum absolute atomic E-state index is 11.0. The van der Waals surface area contributed by atoms with Crippen molar-refractivity contribution in [3.05, 3.63) is 28.3 Å². The van der Waals surface area contributed by atoms with Crippen LogP contribution in [-0.2, 0) is 5.75 Å². The molecule has 1 aromatic heterocycles. The number of aromatic hydroxyl groups is 1. The van der Waals surface area contributed by atoms with Crippen molar-refractivity contribution in [2.45, 2.75) is 31.0 Å². The van der Waals surface area contributed by atoms with E-state index in [1.54, 1.807) is 6.92 Å². The molecule has 0 radical (unpaired) electrons. The van der Waals surface area contributed by atoms with Crippen LogP contribution in [0, 0.1) is 0 Å². The summed E-state index contributed by atoms with van der Waals surface area (Å²) in [5.41, 5.74) is -0.443. The number of aliphatic hydroxyl groups is 1. The number of hydrogen-bond donors (Lipinski definition) is 2. The predicted octanol–water partition coefficient (Wildman–Crippen LogP) is 1.35. The molecule has 0 aliphatic carbocycles. The Morgan fingerprint density at radius 2 is 2.20 bits per heavy atom. The average Bonchev–Trinajstić information content (AvgIpc) is 2.19. The Morgan fingerprint density at radius 1 is 1.53 bits per heavy atom. The van der Waals surface area contributed by atoms with Crippen LogP contribution in [-0.4, -0.2) is 21.6 Å². The molecule has 15 heavy (non-hydrogen) atoms. The molecular weight excluding hydrogens is 216 g/mol. The molecule has 0 fully saturated rings. The van der Waals surface area contributed by atoms with Crippen molar-refractivity contribution >= 4 is 11.8 Å². The van der Waals surface area contributed by atoms with Gasteiger partial charge in [0.2, 0.25) is 5.43 Å². The van der Waals surface area contributed by atoms with E-state index in [4.69, 9.17) is 9.52 Å². The molecule has 2 N–H and O–H groups in total. The Bertz CT molecular complexity index is 372. The first-order chi connectivity index (χ1) is 7.00. The van der Waals surface area contributed by atoms with Crippen LogP contribution in [0.25, 0.3) is 0 Å². The topological polar surface area (TPSA) is 70.7 Å². The van der Waals surface area contributed by atoms with Crippen LogP contribution in [0.15, 0.2) is 21.5 Å². The summed E-state index contributed by atoms with van der Waals surface area (Å²) in [7, 11) is 0. The number of thioether (sulfide) groups is 1. The average molecular weight is 230 g/mol. The van der Waals surface area contributed by atoms with Crippen molar-refractivity contribution in [2.24, 2.45) is 0 Å². The molecule has 0 aromatic carbocycles. The van der Waals surface area contributed by atoms with Crippen molar-refractivity contribution in [1.82, 2.24) is 0 Å². The van der Waals surface area contributed by atoms with Crippen LogP contribution < -0.4 is 5.43 Å². The summed E-state index contributed by atoms with van der Waals surface area (Å²) in [6.07, 6.45) is 0.629. The Hall–Kier alpha value is -0.940. The zero-order chi connectivity index (χ0) is 11.4. The third-order valence-corrected chi connectivity index (χ3v) is 3.41. The van der Waals surface area contributed by atoms with E-state index in [0.29, 0.717) is 11.5 Å². The van der Waals surface area contributed by atoms with E-state index in [-0.39, 0.29) is 11.0 Å². The largest absolute Gasteiger partial charge is 0.502 e. The Balaban J connectivity index is 2.59. The van der Waals surface area contributed by atoms with Crippen molar-refractivity contribution < 1.29 is 14.6 Å². The lowest BCUT2D eigenvalue weighted by molar-refractivity contribution is 0.196. The second-order valence-electron chi connectivity index (χ2n) is 3.35. The standard InChI is InChI=1S/C10H14O4S/c1-6(11)7(2)15-5-8-3-9(12)10(13)4-14-8/h3-4,6-7,11,13H,5H2,1-2H3. The first kappa shape index (κ1) is 12.1. The van der Waals surface area contributed by atoms with Gasteiger partial charge < -0.3 is 14.6 Å². The summed E-state index contributed by atoms with van der Waals surface area (Å²) < 4.78 is 5.02. The molecule has 0 bridgehead atoms. The maximum Gasteiger partial charge on any atom is 0.226 e. The molecule has 0 amide bonds. The quantitative estimate of drug-likeness (QED) is 0.817. The van der Waals surface area contributed by atoms with Gasteiger partial charge in [-0.05, 0) is 6.92 Å². The minimum absolute atomic E-state index is 0.0732. The third kappa shape index (κ3) is 3.60. The van der Waals surface area contributed by atoms with Gasteiger partial charge in [0.1, 0.15) is 12.0 Å². The van der Waals surface area contributed by atoms with Crippen LogP contribution in [0.5, 0.6) is 5.75 Å². The van der Waals surface area contributed by atoms with Gasteiger partial charge in [-0.15, -0.1) is 11.8 Å². The van der Waals surface area contributed by atoms with Crippen molar-refractivity contribution in [2.75, 3.05) is 0 Å². The number of hydrogen-bond acceptors (Lipinski definition) is 5. The summed E-state index contributed by atoms with van der Waals surface area (Å²) in [5.74, 6) is 0.615. The molecule has 1 aromatic rings. The molecule has 0 aliphatic rings. The molecule has 5 heteroatoms. The summed E-state index contributed by atoms with van der Waals surface area (Å²) >= 11 is 1.49. The highest BCUT2D eigenvalue weighted by molar-refractivity contribution is 7.99. The fourth-order valence-corrected chi connectivity index (χ4v) is 1.73. The van der Waals surface area contributed by atoms with Gasteiger partial charge in [0.05, 0.1) is 11.9 Å². The van der Waals surface area contributed by atoms with E-state index in [1.165, 1.54) is 17.8 Å². The zero-order valence-corrected chi connectivity index (χ0v) is 9.45. The highest BCUT2D eigenvalue weighted by Gasteiger charge is 2.10. The third-order valence-electron chi connectivity index (χ3n) is 2.03. The molecule has 0 aliphatic heterocycles. The van der Waals surface area contributed by atoms with Gasteiger partial charge in [-0.25, -0.2) is 0 Å². The molecule has 0 saturated carbocycles. The Morgan fingerprint density at radius 3 is 2.73 bits per heavy atom. The van der Waals surface area contributed by atoms with E-state index >= 15 is 0 Å². The zero-order valence-electron chi connectivity index (χ0n) is 8.64. The molecule has 1 rings (SSSR count). The second kappa shape index (κ2) is 5.23. The van der Waals surface area contributed by atoms with Gasteiger partial charge in [0, 0.05) is 11.3 Å². The first-order valence-electron chi connectivity index (χ1n) is 4.61. The van der Waals surface area contributed by atoms with Crippen LogP contribution in [0.3, 0.4) is 0 Å². The van der Waals surface area contributed by atoms with E-state index < -0.39 is 11.5 Å². The lowest BCUT2D eigenvalue weighted by Crippen LogP contribution is -2.15. The van der Waals surface area contributed by atoms with Crippen molar-refractivity contribution in [3.8, 4) is 5.75 Å². The van der Waals surface area contributed by atoms with E-state index in [1.807, 2.05) is 6.92 Å². The van der Waals surface area contributed by atoms with Crippen LogP contribution in [0.1, 0.15) is 19.6 Å². The number of rotatable bonds is 4. The predicted molar refractivity (Wildman–Crippen MR) is 59.1 cm³/mol. The van der Waals surface area contributed by atoms with Crippen molar-refractivity contribution in [1.29, 1.82) is 0 Å². The van der Waals surface area contributed by atoms with E-state index in [0.717, 1.165) is 6.26 Å². The Kier molecular flexibility index (Phi) is 4.23. The van der Waals surface area contributed by atoms with E-state index in [2.05, 4.69) is 0 Å². The molecular formula is C10H14O4S. The van der Waals surface area contributed by atoms with Gasteiger partial charge >= 0.3 is 0 Å². The highest BCUT2D eigenvalue weighted by Crippen LogP contribution is 2.19. The van der Waals surface area contributed by atoms with Crippen molar-refractivity contribution in [3.63, 3.8) is 0 Å². The summed E-state index contributed by atoms with van der Waals surface area (Å²) in [6.45, 7) is 3.61. The minimum atomic E-state index is -0.443. The summed E-state index contributed by atoms with van der Waals surface area (Å²) in [4.78, 5) is 11.0. The molecule has 2 atom stereocenters. The van der Waals surface area contributed by atoms with Crippen LogP contribution in [0.2, 0.25) is 0 Å². The lowest BCUT2D eigenvalue weighted by Gasteiger charge is -2.13. The maximum atomic E-state index is 11.0. The molecule has 1 heterocycles. The fraction of sp³-hybridized carbons (Fsp3) is 0.500. The molecule has 0 spiro atoms. The van der Waals surface area contributed by atoms with Gasteiger partial charge in [0.25, 0.3) is 0 Å². The normalized spacial score (nSPS) is 14.9. The summed E-state index contributed by atoms with van der Waals surface area (Å²) in [5, 5.41) is 18.3. The fourth-order valence-electron chi connectivity index (χ4n) is 0.872. The monoisotopic (exact) mass is 230 g/mol. The minimum Gasteiger partial charge on any atom is -0.502 e.